The summed E-state index contributed by atoms with van der Waals surface area (Å²) in [7, 11) is 1.83. The van der Waals surface area contributed by atoms with Gasteiger partial charge in [-0.2, -0.15) is 5.10 Å². The Kier molecular flexibility index (Phi) is 7.54. The van der Waals surface area contributed by atoms with Crippen LogP contribution in [0.4, 0.5) is 0 Å². The Labute approximate surface area is 227 Å². The number of benzene rings is 1. The normalized spacial score (nSPS) is 38.8. The van der Waals surface area contributed by atoms with E-state index >= 15 is 0 Å². The molecular weight excluding hydrogens is 484 g/mol. The molecule has 6 heteroatoms. The summed E-state index contributed by atoms with van der Waals surface area (Å²) < 4.78 is 7.71. The smallest absolute Gasteiger partial charge is 0.157 e. The van der Waals surface area contributed by atoms with Crippen LogP contribution in [0.15, 0.2) is 24.4 Å². The van der Waals surface area contributed by atoms with Crippen LogP contribution in [0, 0.1) is 34.5 Å². The molecule has 1 N–H and O–H groups in total. The summed E-state index contributed by atoms with van der Waals surface area (Å²) in [4.78, 5) is 13.9. The fourth-order valence-electron chi connectivity index (χ4n) is 8.73. The first-order chi connectivity index (χ1) is 17.6. The van der Waals surface area contributed by atoms with Crippen molar-refractivity contribution in [2.24, 2.45) is 34.5 Å². The first-order valence-electron chi connectivity index (χ1n) is 14.4. The van der Waals surface area contributed by atoms with Crippen LogP contribution in [0.1, 0.15) is 85.0 Å². The Morgan fingerprint density at radius 1 is 1.14 bits per heavy atom. The maximum atomic E-state index is 13.9. The summed E-state index contributed by atoms with van der Waals surface area (Å²) in [6.07, 6.45) is 12.4. The molecule has 5 rings (SSSR count). The van der Waals surface area contributed by atoms with Crippen molar-refractivity contribution in [2.75, 3.05) is 13.7 Å². The van der Waals surface area contributed by atoms with Crippen LogP contribution < -0.4 is 0 Å². The molecule has 204 valence electrons. The number of ether oxygens (including phenoxy) is 1. The minimum atomic E-state index is -0.563. The number of hydrogen-bond donors (Lipinski definition) is 1. The zero-order chi connectivity index (χ0) is 26.4. The number of fused-ring (bicyclic) bond motifs is 3. The molecule has 0 bridgehead atoms. The van der Waals surface area contributed by atoms with Crippen molar-refractivity contribution < 1.29 is 14.6 Å². The molecule has 3 aliphatic rings. The number of ketones is 1. The highest BCUT2D eigenvalue weighted by Gasteiger charge is 2.53. The van der Waals surface area contributed by atoms with Crippen molar-refractivity contribution in [3.63, 3.8) is 0 Å². The minimum Gasteiger partial charge on any atom is -0.390 e. The molecule has 0 saturated heterocycles. The number of carbonyl (C=O) groups excluding carboxylic acids is 1. The van der Waals surface area contributed by atoms with Crippen LogP contribution in [0.3, 0.4) is 0 Å². The molecule has 2 aromatic rings. The molecule has 0 radical (unpaired) electrons. The van der Waals surface area contributed by atoms with Gasteiger partial charge in [0.1, 0.15) is 6.54 Å². The van der Waals surface area contributed by atoms with Crippen LogP contribution in [0.5, 0.6) is 0 Å². The number of nitrogens with zero attached hydrogens (tertiary/aromatic N) is 2. The third-order valence-corrected chi connectivity index (χ3v) is 11.3. The molecule has 5 nitrogen and oxygen atoms in total. The lowest BCUT2D eigenvalue weighted by Gasteiger charge is -2.53. The quantitative estimate of drug-likeness (QED) is 0.450. The fourth-order valence-corrected chi connectivity index (χ4v) is 8.89. The van der Waals surface area contributed by atoms with Gasteiger partial charge in [0.05, 0.1) is 23.9 Å². The molecule has 0 amide bonds. The highest BCUT2D eigenvalue weighted by molar-refractivity contribution is 6.31. The van der Waals surface area contributed by atoms with Crippen molar-refractivity contribution in [3.8, 4) is 0 Å². The van der Waals surface area contributed by atoms with Gasteiger partial charge in [-0.25, -0.2) is 0 Å². The molecule has 1 aromatic heterocycles. The van der Waals surface area contributed by atoms with Crippen molar-refractivity contribution >= 4 is 28.3 Å². The van der Waals surface area contributed by atoms with E-state index in [-0.39, 0.29) is 16.7 Å². The lowest BCUT2D eigenvalue weighted by Crippen LogP contribution is -2.50. The molecule has 3 fully saturated rings. The number of halogens is 1. The first-order valence-corrected chi connectivity index (χ1v) is 14.8. The van der Waals surface area contributed by atoms with Crippen molar-refractivity contribution in [2.45, 2.75) is 97.1 Å². The summed E-state index contributed by atoms with van der Waals surface area (Å²) >= 11 is 6.25. The van der Waals surface area contributed by atoms with Crippen molar-refractivity contribution in [1.82, 2.24) is 9.78 Å². The van der Waals surface area contributed by atoms with E-state index in [1.807, 2.05) is 43.1 Å². The average Bonchev–Trinajstić information content (AvgIpc) is 3.39. The molecule has 1 heterocycles. The molecule has 7 unspecified atom stereocenters. The fraction of sp³-hybridized carbons (Fsp3) is 0.742. The standard InChI is InChI=1S/C31H45ClN2O3/c1-21-12-13-30(3)23(6-5-7-24-17-29(2,36)14-15-31(21,24)20-37-4)9-11-26(30)28(35)19-34-27-16-25(32)10-8-22(27)18-33-34/h8,10,16,18,21,23-24,26,36H,5-7,9,11-15,17,19-20H2,1-4H3. The Hall–Kier alpha value is -1.43. The summed E-state index contributed by atoms with van der Waals surface area (Å²) in [5.74, 6) is 1.96. The molecule has 3 saturated carbocycles. The Morgan fingerprint density at radius 3 is 2.70 bits per heavy atom. The number of aromatic nitrogens is 2. The summed E-state index contributed by atoms with van der Waals surface area (Å²) in [5, 5.41) is 17.2. The third kappa shape index (κ3) is 5.01. The average molecular weight is 529 g/mol. The van der Waals surface area contributed by atoms with Gasteiger partial charge in [0.25, 0.3) is 0 Å². The zero-order valence-corrected chi connectivity index (χ0v) is 23.9. The van der Waals surface area contributed by atoms with E-state index in [9.17, 15) is 9.90 Å². The predicted octanol–water partition coefficient (Wildman–Crippen LogP) is 7.08. The van der Waals surface area contributed by atoms with Gasteiger partial charge in [0.2, 0.25) is 0 Å². The number of carbonyl (C=O) groups is 1. The van der Waals surface area contributed by atoms with Gasteiger partial charge < -0.3 is 9.84 Å². The van der Waals surface area contributed by atoms with E-state index in [0.717, 1.165) is 68.9 Å². The van der Waals surface area contributed by atoms with Crippen molar-refractivity contribution in [1.29, 1.82) is 0 Å². The van der Waals surface area contributed by atoms with E-state index in [2.05, 4.69) is 18.9 Å². The molecular formula is C31H45ClN2O3. The molecule has 0 spiro atoms. The Bertz CT molecular complexity index is 1130. The number of methoxy groups -OCH3 is 1. The van der Waals surface area contributed by atoms with Crippen LogP contribution >= 0.6 is 11.6 Å². The Morgan fingerprint density at radius 2 is 1.92 bits per heavy atom. The van der Waals surface area contributed by atoms with Gasteiger partial charge in [-0.05, 0) is 111 Å². The van der Waals surface area contributed by atoms with Crippen LogP contribution in [0.25, 0.3) is 10.9 Å². The minimum absolute atomic E-state index is 0.0210. The van der Waals surface area contributed by atoms with E-state index < -0.39 is 5.60 Å². The lowest BCUT2D eigenvalue weighted by molar-refractivity contribution is -0.129. The topological polar surface area (TPSA) is 64.3 Å². The van der Waals surface area contributed by atoms with Crippen LogP contribution in [-0.4, -0.2) is 40.0 Å². The molecule has 37 heavy (non-hydrogen) atoms. The number of rotatable bonds is 5. The Balaban J connectivity index is 1.37. The maximum absolute atomic E-state index is 13.9. The van der Waals surface area contributed by atoms with E-state index in [0.29, 0.717) is 35.1 Å². The van der Waals surface area contributed by atoms with E-state index in [1.54, 1.807) is 0 Å². The van der Waals surface area contributed by atoms with Gasteiger partial charge >= 0.3 is 0 Å². The molecule has 1 aromatic carbocycles. The molecule has 7 atom stereocenters. The second-order valence-electron chi connectivity index (χ2n) is 13.2. The van der Waals surface area contributed by atoms with Gasteiger partial charge in [0, 0.05) is 23.4 Å². The lowest BCUT2D eigenvalue weighted by atomic mass is 9.54. The first kappa shape index (κ1) is 27.1. The highest BCUT2D eigenvalue weighted by Crippen LogP contribution is 2.58. The SMILES string of the molecule is COCC12CCC(C)(O)CC1CCCC1CCC(C(=O)Cn3ncc4ccc(Cl)cc43)C1(C)CCC2C. The van der Waals surface area contributed by atoms with Crippen LogP contribution in [0.2, 0.25) is 5.02 Å². The highest BCUT2D eigenvalue weighted by atomic mass is 35.5. The van der Waals surface area contributed by atoms with Crippen LogP contribution in [-0.2, 0) is 16.1 Å². The van der Waals surface area contributed by atoms with Crippen molar-refractivity contribution in [3.05, 3.63) is 29.4 Å². The predicted molar refractivity (Wildman–Crippen MR) is 149 cm³/mol. The molecule has 0 aliphatic heterocycles. The van der Waals surface area contributed by atoms with Gasteiger partial charge in [-0.3, -0.25) is 9.48 Å². The van der Waals surface area contributed by atoms with E-state index in [4.69, 9.17) is 16.3 Å². The zero-order valence-electron chi connectivity index (χ0n) is 23.1. The number of hydrogen-bond acceptors (Lipinski definition) is 4. The van der Waals surface area contributed by atoms with Gasteiger partial charge in [0.15, 0.2) is 5.78 Å². The number of Topliss-reactive ketones (excluding diaryl/α,β-unsaturated/α-hetero) is 1. The number of aliphatic hydroxyl groups is 1. The van der Waals surface area contributed by atoms with E-state index in [1.165, 1.54) is 12.8 Å². The summed E-state index contributed by atoms with van der Waals surface area (Å²) in [6.45, 7) is 7.93. The summed E-state index contributed by atoms with van der Waals surface area (Å²) in [6, 6.07) is 5.75. The molecule has 3 aliphatic carbocycles. The maximum Gasteiger partial charge on any atom is 0.157 e. The second-order valence-corrected chi connectivity index (χ2v) is 13.7. The van der Waals surface area contributed by atoms with Gasteiger partial charge in [-0.15, -0.1) is 0 Å². The largest absolute Gasteiger partial charge is 0.390 e. The van der Waals surface area contributed by atoms with Gasteiger partial charge in [-0.1, -0.05) is 31.9 Å². The summed E-state index contributed by atoms with van der Waals surface area (Å²) in [5.41, 5.74) is 0.506. The second kappa shape index (κ2) is 10.3. The third-order valence-electron chi connectivity index (χ3n) is 11.1. The monoisotopic (exact) mass is 528 g/mol.